The molecule has 3 aromatic carbocycles. The molecule has 1 atom stereocenters. The SMILES string of the molecule is CCOc1cc(NC(=O)C(C)Oc2ccccc2)c(OCC)cc1NC(=O)c1ccccc1. The van der Waals surface area contributed by atoms with Crippen LogP contribution in [0.2, 0.25) is 0 Å². The summed E-state index contributed by atoms with van der Waals surface area (Å²) in [6, 6.07) is 21.3. The summed E-state index contributed by atoms with van der Waals surface area (Å²) in [6.07, 6.45) is -0.741. The lowest BCUT2D eigenvalue weighted by atomic mass is 10.2. The zero-order chi connectivity index (χ0) is 23.6. The predicted molar refractivity (Wildman–Crippen MR) is 128 cm³/mol. The van der Waals surface area contributed by atoms with Crippen LogP contribution in [0.25, 0.3) is 0 Å². The van der Waals surface area contributed by atoms with Crippen molar-refractivity contribution in [3.05, 3.63) is 78.4 Å². The molecule has 0 aromatic heterocycles. The third kappa shape index (κ3) is 6.49. The van der Waals surface area contributed by atoms with Crippen molar-refractivity contribution in [2.45, 2.75) is 26.9 Å². The van der Waals surface area contributed by atoms with Gasteiger partial charge in [0.25, 0.3) is 11.8 Å². The summed E-state index contributed by atoms with van der Waals surface area (Å²) >= 11 is 0. The summed E-state index contributed by atoms with van der Waals surface area (Å²) in [7, 11) is 0. The number of amides is 2. The van der Waals surface area contributed by atoms with E-state index in [-0.39, 0.29) is 11.8 Å². The van der Waals surface area contributed by atoms with Crippen molar-refractivity contribution in [1.29, 1.82) is 0 Å². The smallest absolute Gasteiger partial charge is 0.265 e. The Hall–Kier alpha value is -4.00. The molecule has 0 aliphatic heterocycles. The van der Waals surface area contributed by atoms with Crippen molar-refractivity contribution < 1.29 is 23.8 Å². The molecule has 0 spiro atoms. The van der Waals surface area contributed by atoms with E-state index in [0.29, 0.717) is 47.4 Å². The molecule has 0 aliphatic carbocycles. The number of rotatable bonds is 10. The summed E-state index contributed by atoms with van der Waals surface area (Å²) in [5, 5.41) is 5.71. The Morgan fingerprint density at radius 3 is 1.85 bits per heavy atom. The molecule has 7 nitrogen and oxygen atoms in total. The molecule has 0 radical (unpaired) electrons. The van der Waals surface area contributed by atoms with E-state index < -0.39 is 6.10 Å². The highest BCUT2D eigenvalue weighted by Gasteiger charge is 2.20. The summed E-state index contributed by atoms with van der Waals surface area (Å²) in [6.45, 7) is 6.10. The standard InChI is InChI=1S/C26H28N2O5/c1-4-31-23-17-22(28-26(30)19-12-8-6-9-13-19)24(32-5-2)16-21(23)27-25(29)18(3)33-20-14-10-7-11-15-20/h6-18H,4-5H2,1-3H3,(H,27,29)(H,28,30). The van der Waals surface area contributed by atoms with Gasteiger partial charge >= 0.3 is 0 Å². The average molecular weight is 449 g/mol. The highest BCUT2D eigenvalue weighted by molar-refractivity contribution is 6.05. The van der Waals surface area contributed by atoms with Gasteiger partial charge in [0.1, 0.15) is 17.2 Å². The fourth-order valence-electron chi connectivity index (χ4n) is 3.08. The monoisotopic (exact) mass is 448 g/mol. The summed E-state index contributed by atoms with van der Waals surface area (Å²) in [5.74, 6) is 0.796. The van der Waals surface area contributed by atoms with Crippen molar-refractivity contribution in [2.24, 2.45) is 0 Å². The van der Waals surface area contributed by atoms with Crippen LogP contribution in [0.3, 0.4) is 0 Å². The quantitative estimate of drug-likeness (QED) is 0.448. The molecule has 2 N–H and O–H groups in total. The van der Waals surface area contributed by atoms with Crippen molar-refractivity contribution in [3.63, 3.8) is 0 Å². The van der Waals surface area contributed by atoms with Gasteiger partial charge in [-0.3, -0.25) is 9.59 Å². The molecular formula is C26H28N2O5. The molecular weight excluding hydrogens is 420 g/mol. The van der Waals surface area contributed by atoms with Gasteiger partial charge in [-0.25, -0.2) is 0 Å². The second kappa shape index (κ2) is 11.6. The third-order valence-corrected chi connectivity index (χ3v) is 4.65. The maximum Gasteiger partial charge on any atom is 0.265 e. The minimum absolute atomic E-state index is 0.277. The molecule has 0 fully saturated rings. The fraction of sp³-hybridized carbons (Fsp3) is 0.231. The van der Waals surface area contributed by atoms with Crippen LogP contribution >= 0.6 is 0 Å². The van der Waals surface area contributed by atoms with Crippen LogP contribution in [0.5, 0.6) is 17.2 Å². The van der Waals surface area contributed by atoms with Crippen molar-refractivity contribution in [3.8, 4) is 17.2 Å². The van der Waals surface area contributed by atoms with E-state index in [4.69, 9.17) is 14.2 Å². The molecule has 2 amide bonds. The van der Waals surface area contributed by atoms with E-state index in [1.807, 2.05) is 38.1 Å². The first kappa shape index (κ1) is 23.7. The second-order valence-electron chi connectivity index (χ2n) is 7.09. The fourth-order valence-corrected chi connectivity index (χ4v) is 3.08. The Morgan fingerprint density at radius 1 is 0.788 bits per heavy atom. The van der Waals surface area contributed by atoms with Crippen LogP contribution in [0.1, 0.15) is 31.1 Å². The van der Waals surface area contributed by atoms with E-state index in [2.05, 4.69) is 10.6 Å². The van der Waals surface area contributed by atoms with Gasteiger partial charge in [-0.15, -0.1) is 0 Å². The maximum absolute atomic E-state index is 12.8. The topological polar surface area (TPSA) is 85.9 Å². The number of hydrogen-bond acceptors (Lipinski definition) is 5. The van der Waals surface area contributed by atoms with E-state index in [1.165, 1.54) is 0 Å². The number of nitrogens with one attached hydrogen (secondary N) is 2. The molecule has 0 saturated heterocycles. The minimum atomic E-state index is -0.741. The number of hydrogen-bond donors (Lipinski definition) is 2. The predicted octanol–water partition coefficient (Wildman–Crippen LogP) is 5.14. The van der Waals surface area contributed by atoms with E-state index in [0.717, 1.165) is 0 Å². The Balaban J connectivity index is 1.84. The van der Waals surface area contributed by atoms with Crippen molar-refractivity contribution in [1.82, 2.24) is 0 Å². The van der Waals surface area contributed by atoms with E-state index >= 15 is 0 Å². The normalized spacial score (nSPS) is 11.2. The van der Waals surface area contributed by atoms with Crippen LogP contribution in [0.15, 0.2) is 72.8 Å². The molecule has 1 unspecified atom stereocenters. The van der Waals surface area contributed by atoms with Gasteiger partial charge in [-0.2, -0.15) is 0 Å². The number of para-hydroxylation sites is 1. The second-order valence-corrected chi connectivity index (χ2v) is 7.09. The van der Waals surface area contributed by atoms with Gasteiger partial charge < -0.3 is 24.8 Å². The van der Waals surface area contributed by atoms with Crippen LogP contribution in [0, 0.1) is 0 Å². The third-order valence-electron chi connectivity index (χ3n) is 4.65. The summed E-state index contributed by atoms with van der Waals surface area (Å²) in [5.41, 5.74) is 1.38. The molecule has 172 valence electrons. The number of benzene rings is 3. The first-order valence-electron chi connectivity index (χ1n) is 10.8. The Bertz CT molecular complexity index is 1070. The van der Waals surface area contributed by atoms with Gasteiger partial charge in [0.05, 0.1) is 24.6 Å². The molecule has 3 aromatic rings. The average Bonchev–Trinajstić information content (AvgIpc) is 2.83. The van der Waals surface area contributed by atoms with Crippen LogP contribution in [0.4, 0.5) is 11.4 Å². The Labute approximate surface area is 193 Å². The molecule has 7 heteroatoms. The zero-order valence-electron chi connectivity index (χ0n) is 19.0. The van der Waals surface area contributed by atoms with Gasteiger partial charge in [0, 0.05) is 17.7 Å². The van der Waals surface area contributed by atoms with Gasteiger partial charge in [0.15, 0.2) is 6.10 Å². The molecule has 0 saturated carbocycles. The summed E-state index contributed by atoms with van der Waals surface area (Å²) < 4.78 is 17.2. The maximum atomic E-state index is 12.8. The first-order chi connectivity index (χ1) is 16.0. The van der Waals surface area contributed by atoms with Crippen LogP contribution < -0.4 is 24.8 Å². The lowest BCUT2D eigenvalue weighted by Gasteiger charge is -2.19. The highest BCUT2D eigenvalue weighted by Crippen LogP contribution is 2.37. The number of carbonyl (C=O) groups is 2. The largest absolute Gasteiger partial charge is 0.492 e. The Kier molecular flexibility index (Phi) is 8.30. The minimum Gasteiger partial charge on any atom is -0.492 e. The molecule has 0 aliphatic rings. The lowest BCUT2D eigenvalue weighted by Crippen LogP contribution is -2.30. The van der Waals surface area contributed by atoms with Crippen molar-refractivity contribution >= 4 is 23.2 Å². The first-order valence-corrected chi connectivity index (χ1v) is 10.8. The van der Waals surface area contributed by atoms with Gasteiger partial charge in [0.2, 0.25) is 0 Å². The molecule has 0 bridgehead atoms. The van der Waals surface area contributed by atoms with Crippen molar-refractivity contribution in [2.75, 3.05) is 23.8 Å². The molecule has 3 rings (SSSR count). The van der Waals surface area contributed by atoms with E-state index in [1.54, 1.807) is 55.5 Å². The molecule has 0 heterocycles. The molecule has 33 heavy (non-hydrogen) atoms. The number of anilines is 2. The summed E-state index contributed by atoms with van der Waals surface area (Å²) in [4.78, 5) is 25.5. The zero-order valence-corrected chi connectivity index (χ0v) is 19.0. The number of ether oxygens (including phenoxy) is 3. The van der Waals surface area contributed by atoms with E-state index in [9.17, 15) is 9.59 Å². The van der Waals surface area contributed by atoms with Crippen LogP contribution in [-0.2, 0) is 4.79 Å². The van der Waals surface area contributed by atoms with Gasteiger partial charge in [-0.1, -0.05) is 36.4 Å². The van der Waals surface area contributed by atoms with Crippen LogP contribution in [-0.4, -0.2) is 31.1 Å². The number of carbonyl (C=O) groups excluding carboxylic acids is 2. The Morgan fingerprint density at radius 2 is 1.30 bits per heavy atom. The highest BCUT2D eigenvalue weighted by atomic mass is 16.5. The van der Waals surface area contributed by atoms with Gasteiger partial charge in [-0.05, 0) is 45.0 Å². The lowest BCUT2D eigenvalue weighted by molar-refractivity contribution is -0.122.